The van der Waals surface area contributed by atoms with Gasteiger partial charge in [0.2, 0.25) is 5.28 Å². The Bertz CT molecular complexity index is 1590. The SMILES string of the molecule is C[C@H]1CNc2c(sc3ccc4nc(Nc5nc(Cl)ncc5C(=O)N5CC[C@@H](N(C)C)C5)ccc4c23)C(=O)N1. The number of likely N-dealkylation sites (tertiary alicyclic amines) is 1. The zero-order valence-electron chi connectivity index (χ0n) is 21.2. The number of anilines is 3. The second kappa shape index (κ2) is 9.64. The largest absolute Gasteiger partial charge is 0.381 e. The molecule has 2 atom stereocenters. The highest BCUT2D eigenvalue weighted by Crippen LogP contribution is 2.41. The van der Waals surface area contributed by atoms with Gasteiger partial charge in [0.15, 0.2) is 0 Å². The summed E-state index contributed by atoms with van der Waals surface area (Å²) in [5.74, 6) is 0.628. The molecule has 0 unspecified atom stereocenters. The van der Waals surface area contributed by atoms with Crippen LogP contribution < -0.4 is 16.0 Å². The lowest BCUT2D eigenvalue weighted by Gasteiger charge is -2.21. The Morgan fingerprint density at radius 3 is 2.87 bits per heavy atom. The maximum Gasteiger partial charge on any atom is 0.263 e. The lowest BCUT2D eigenvalue weighted by molar-refractivity contribution is 0.0783. The minimum atomic E-state index is -0.143. The predicted octanol–water partition coefficient (Wildman–Crippen LogP) is 3.96. The lowest BCUT2D eigenvalue weighted by atomic mass is 10.1. The first-order valence-electron chi connectivity index (χ1n) is 12.4. The number of hydrogen-bond donors (Lipinski definition) is 3. The fourth-order valence-corrected chi connectivity index (χ4v) is 6.28. The van der Waals surface area contributed by atoms with Gasteiger partial charge in [-0.3, -0.25) is 9.59 Å². The van der Waals surface area contributed by atoms with Crippen molar-refractivity contribution in [2.24, 2.45) is 0 Å². The van der Waals surface area contributed by atoms with E-state index in [4.69, 9.17) is 16.6 Å². The van der Waals surface area contributed by atoms with E-state index in [2.05, 4.69) is 30.8 Å². The van der Waals surface area contributed by atoms with Crippen molar-refractivity contribution >= 4 is 73.1 Å². The minimum Gasteiger partial charge on any atom is -0.381 e. The van der Waals surface area contributed by atoms with E-state index in [0.717, 1.165) is 33.1 Å². The number of pyridine rings is 1. The Labute approximate surface area is 228 Å². The van der Waals surface area contributed by atoms with Crippen molar-refractivity contribution < 1.29 is 9.59 Å². The number of nitrogens with one attached hydrogen (secondary N) is 3. The van der Waals surface area contributed by atoms with Crippen LogP contribution in [0.3, 0.4) is 0 Å². The van der Waals surface area contributed by atoms with Gasteiger partial charge >= 0.3 is 0 Å². The van der Waals surface area contributed by atoms with Crippen LogP contribution in [0.15, 0.2) is 30.5 Å². The van der Waals surface area contributed by atoms with Crippen LogP contribution in [0.1, 0.15) is 33.4 Å². The summed E-state index contributed by atoms with van der Waals surface area (Å²) in [5.41, 5.74) is 1.94. The van der Waals surface area contributed by atoms with Crippen LogP contribution in [0.25, 0.3) is 21.0 Å². The number of fused-ring (bicyclic) bond motifs is 5. The quantitative estimate of drug-likeness (QED) is 0.327. The Hall–Kier alpha value is -3.54. The third-order valence-corrected chi connectivity index (χ3v) is 8.44. The smallest absolute Gasteiger partial charge is 0.263 e. The van der Waals surface area contributed by atoms with Gasteiger partial charge in [0, 0.05) is 53.4 Å². The molecule has 1 fully saturated rings. The molecule has 6 rings (SSSR count). The summed E-state index contributed by atoms with van der Waals surface area (Å²) in [6.07, 6.45) is 2.38. The molecule has 0 spiro atoms. The maximum atomic E-state index is 13.4. The average molecular weight is 551 g/mol. The Morgan fingerprint density at radius 1 is 1.24 bits per heavy atom. The maximum absolute atomic E-state index is 13.4. The normalized spacial score (nSPS) is 19.4. The van der Waals surface area contributed by atoms with Gasteiger partial charge in [0.25, 0.3) is 11.8 Å². The first-order chi connectivity index (χ1) is 18.3. The number of halogens is 1. The topological polar surface area (TPSA) is 115 Å². The summed E-state index contributed by atoms with van der Waals surface area (Å²) in [4.78, 5) is 43.9. The molecule has 3 N–H and O–H groups in total. The van der Waals surface area contributed by atoms with Crippen molar-refractivity contribution in [3.63, 3.8) is 0 Å². The molecule has 196 valence electrons. The van der Waals surface area contributed by atoms with Gasteiger partial charge in [-0.25, -0.2) is 9.97 Å². The zero-order valence-corrected chi connectivity index (χ0v) is 22.8. The molecule has 4 aromatic rings. The number of amides is 2. The molecule has 1 saturated heterocycles. The molecule has 2 amide bonds. The number of benzene rings is 1. The van der Waals surface area contributed by atoms with Gasteiger partial charge in [0.1, 0.15) is 22.1 Å². The summed E-state index contributed by atoms with van der Waals surface area (Å²) in [7, 11) is 4.05. The molecule has 12 heteroatoms. The van der Waals surface area contributed by atoms with E-state index in [9.17, 15) is 9.59 Å². The van der Waals surface area contributed by atoms with E-state index in [0.29, 0.717) is 47.8 Å². The molecular weight excluding hydrogens is 524 g/mol. The van der Waals surface area contributed by atoms with E-state index < -0.39 is 0 Å². The first kappa shape index (κ1) is 24.8. The van der Waals surface area contributed by atoms with E-state index in [-0.39, 0.29) is 23.1 Å². The van der Waals surface area contributed by atoms with Crippen LogP contribution in [-0.4, -0.2) is 82.4 Å². The summed E-state index contributed by atoms with van der Waals surface area (Å²) in [5, 5.41) is 11.6. The Morgan fingerprint density at radius 2 is 2.08 bits per heavy atom. The monoisotopic (exact) mass is 550 g/mol. The van der Waals surface area contributed by atoms with Crippen LogP contribution >= 0.6 is 22.9 Å². The average Bonchev–Trinajstić information content (AvgIpc) is 3.50. The molecule has 0 bridgehead atoms. The van der Waals surface area contributed by atoms with Crippen LogP contribution in [0.5, 0.6) is 0 Å². The van der Waals surface area contributed by atoms with Gasteiger partial charge in [-0.15, -0.1) is 11.3 Å². The zero-order chi connectivity index (χ0) is 26.6. The van der Waals surface area contributed by atoms with Crippen molar-refractivity contribution in [1.82, 2.24) is 30.1 Å². The number of carbonyl (C=O) groups excluding carboxylic acids is 2. The van der Waals surface area contributed by atoms with Gasteiger partial charge in [-0.2, -0.15) is 4.98 Å². The summed E-state index contributed by atoms with van der Waals surface area (Å²) < 4.78 is 1.01. The third kappa shape index (κ3) is 4.40. The van der Waals surface area contributed by atoms with E-state index in [1.165, 1.54) is 17.5 Å². The second-order valence-corrected chi connectivity index (χ2v) is 11.3. The second-order valence-electron chi connectivity index (χ2n) is 9.95. The van der Waals surface area contributed by atoms with E-state index >= 15 is 0 Å². The Kier molecular flexibility index (Phi) is 6.29. The molecular formula is C26H27ClN8O2S. The van der Waals surface area contributed by atoms with Crippen LogP contribution in [-0.2, 0) is 0 Å². The van der Waals surface area contributed by atoms with E-state index in [1.807, 2.05) is 50.2 Å². The molecule has 0 radical (unpaired) electrons. The molecule has 3 aromatic heterocycles. The number of rotatable bonds is 4. The predicted molar refractivity (Wildman–Crippen MR) is 151 cm³/mol. The highest BCUT2D eigenvalue weighted by Gasteiger charge is 2.30. The Balaban J connectivity index is 1.34. The highest BCUT2D eigenvalue weighted by molar-refractivity contribution is 7.21. The number of nitrogens with zero attached hydrogens (tertiary/aromatic N) is 5. The minimum absolute atomic E-state index is 0.0342. The summed E-state index contributed by atoms with van der Waals surface area (Å²) in [6, 6.07) is 8.08. The van der Waals surface area contributed by atoms with Gasteiger partial charge in [0.05, 0.1) is 11.2 Å². The lowest BCUT2D eigenvalue weighted by Crippen LogP contribution is -2.34. The highest BCUT2D eigenvalue weighted by atomic mass is 35.5. The molecule has 38 heavy (non-hydrogen) atoms. The fraction of sp³-hybridized carbons (Fsp3) is 0.346. The number of aromatic nitrogens is 3. The van der Waals surface area contributed by atoms with Gasteiger partial charge < -0.3 is 25.8 Å². The third-order valence-electron chi connectivity index (χ3n) is 7.11. The molecule has 2 aliphatic rings. The van der Waals surface area contributed by atoms with Crippen LogP contribution in [0.4, 0.5) is 17.3 Å². The van der Waals surface area contributed by atoms with Gasteiger partial charge in [-0.05, 0) is 63.3 Å². The van der Waals surface area contributed by atoms with Crippen LogP contribution in [0.2, 0.25) is 5.28 Å². The van der Waals surface area contributed by atoms with Crippen molar-refractivity contribution in [2.45, 2.75) is 25.4 Å². The number of likely N-dealkylation sites (N-methyl/N-ethyl adjacent to an activating group) is 1. The van der Waals surface area contributed by atoms with Crippen molar-refractivity contribution in [2.75, 3.05) is 44.4 Å². The van der Waals surface area contributed by atoms with Crippen molar-refractivity contribution in [3.8, 4) is 0 Å². The summed E-state index contributed by atoms with van der Waals surface area (Å²) >= 11 is 7.58. The number of carbonyl (C=O) groups is 2. The molecule has 0 saturated carbocycles. The van der Waals surface area contributed by atoms with E-state index in [1.54, 1.807) is 0 Å². The summed E-state index contributed by atoms with van der Waals surface area (Å²) in [6.45, 7) is 3.94. The molecule has 0 aliphatic carbocycles. The number of thiophene rings is 1. The molecule has 1 aromatic carbocycles. The van der Waals surface area contributed by atoms with Gasteiger partial charge in [-0.1, -0.05) is 0 Å². The van der Waals surface area contributed by atoms with Crippen molar-refractivity contribution in [3.05, 3.63) is 46.2 Å². The number of hydrogen-bond acceptors (Lipinski definition) is 9. The fourth-order valence-electron chi connectivity index (χ4n) is 5.05. The molecule has 2 aliphatic heterocycles. The first-order valence-corrected chi connectivity index (χ1v) is 13.6. The van der Waals surface area contributed by atoms with Crippen LogP contribution in [0, 0.1) is 0 Å². The molecule has 10 nitrogen and oxygen atoms in total. The standard InChI is InChI=1S/C26H27ClN8O2S/c1-13-10-28-21-20-15-4-7-19(31-17(15)5-6-18(20)38-22(21)24(36)30-13)32-23-16(11-29-26(27)33-23)25(37)35-9-8-14(12-35)34(2)3/h4-7,11,13-14,28H,8-10,12H2,1-3H3,(H,30,36)(H,29,31,32,33)/t13-,14+/m0/s1. The van der Waals surface area contributed by atoms with Crippen molar-refractivity contribution in [1.29, 1.82) is 0 Å². The molecule has 5 heterocycles.